The van der Waals surface area contributed by atoms with Crippen molar-refractivity contribution in [1.82, 2.24) is 0 Å². The number of aryl methyl sites for hydroxylation is 1. The molecular formula is C16H18N2O2S. The molecule has 2 aromatic rings. The average molecular weight is 302 g/mol. The van der Waals surface area contributed by atoms with Gasteiger partial charge in [-0.05, 0) is 43.2 Å². The van der Waals surface area contributed by atoms with Crippen LogP contribution < -0.4 is 11.1 Å². The van der Waals surface area contributed by atoms with Crippen molar-refractivity contribution >= 4 is 28.7 Å². The highest BCUT2D eigenvalue weighted by molar-refractivity contribution is 7.10. The van der Waals surface area contributed by atoms with Crippen molar-refractivity contribution in [2.75, 3.05) is 11.9 Å². The molecule has 0 saturated heterocycles. The van der Waals surface area contributed by atoms with Crippen LogP contribution in [-0.2, 0) is 6.42 Å². The molecule has 4 nitrogen and oxygen atoms in total. The quantitative estimate of drug-likeness (QED) is 0.834. The van der Waals surface area contributed by atoms with Crippen LogP contribution in [0, 0.1) is 6.92 Å². The van der Waals surface area contributed by atoms with Gasteiger partial charge < -0.3 is 11.1 Å². The summed E-state index contributed by atoms with van der Waals surface area (Å²) in [4.78, 5) is 24.9. The van der Waals surface area contributed by atoms with E-state index in [1.54, 1.807) is 35.6 Å². The standard InChI is InChI=1S/C16H18N2O2S/c1-3-13-10(2)21-9-14(13)16(20)18-12-6-4-11(5-7-12)15(19)8-17/h4-7,9H,3,8,17H2,1-2H3,(H,18,20). The van der Waals surface area contributed by atoms with Gasteiger partial charge >= 0.3 is 0 Å². The molecule has 0 aliphatic carbocycles. The highest BCUT2D eigenvalue weighted by Crippen LogP contribution is 2.23. The van der Waals surface area contributed by atoms with Crippen molar-refractivity contribution in [3.05, 3.63) is 51.2 Å². The summed E-state index contributed by atoms with van der Waals surface area (Å²) in [6.07, 6.45) is 0.835. The zero-order valence-corrected chi connectivity index (χ0v) is 12.9. The number of anilines is 1. The molecule has 0 saturated carbocycles. The minimum atomic E-state index is -0.117. The number of thiophene rings is 1. The first-order valence-corrected chi connectivity index (χ1v) is 7.66. The van der Waals surface area contributed by atoms with Crippen LogP contribution in [0.25, 0.3) is 0 Å². The van der Waals surface area contributed by atoms with Gasteiger partial charge in [0.1, 0.15) is 0 Å². The normalized spacial score (nSPS) is 10.4. The number of carbonyl (C=O) groups is 2. The van der Waals surface area contributed by atoms with Crippen LogP contribution in [0.5, 0.6) is 0 Å². The van der Waals surface area contributed by atoms with E-state index in [1.807, 2.05) is 19.2 Å². The van der Waals surface area contributed by atoms with Gasteiger partial charge in [0.15, 0.2) is 5.78 Å². The van der Waals surface area contributed by atoms with Gasteiger partial charge in [0.05, 0.1) is 12.1 Å². The first kappa shape index (κ1) is 15.4. The third-order valence-corrected chi connectivity index (χ3v) is 4.31. The Balaban J connectivity index is 2.14. The van der Waals surface area contributed by atoms with Crippen molar-refractivity contribution in [3.8, 4) is 0 Å². The highest BCUT2D eigenvalue weighted by Gasteiger charge is 2.14. The number of hydrogen-bond donors (Lipinski definition) is 2. The predicted molar refractivity (Wildman–Crippen MR) is 86.2 cm³/mol. The molecule has 0 aliphatic rings. The molecule has 5 heteroatoms. The van der Waals surface area contributed by atoms with Crippen LogP contribution in [0.15, 0.2) is 29.6 Å². The second kappa shape index (κ2) is 6.65. The number of nitrogens with two attached hydrogens (primary N) is 1. The number of hydrogen-bond acceptors (Lipinski definition) is 4. The Morgan fingerprint density at radius 1 is 1.24 bits per heavy atom. The zero-order valence-electron chi connectivity index (χ0n) is 12.1. The fraction of sp³-hybridized carbons (Fsp3) is 0.250. The fourth-order valence-electron chi connectivity index (χ4n) is 2.16. The second-order valence-corrected chi connectivity index (χ2v) is 5.78. The maximum absolute atomic E-state index is 12.3. The Morgan fingerprint density at radius 3 is 2.48 bits per heavy atom. The van der Waals surface area contributed by atoms with Gasteiger partial charge in [0, 0.05) is 21.5 Å². The number of carbonyl (C=O) groups excluding carboxylic acids is 2. The third kappa shape index (κ3) is 3.37. The molecule has 1 amide bonds. The first-order valence-electron chi connectivity index (χ1n) is 6.78. The van der Waals surface area contributed by atoms with Crippen LogP contribution in [0.3, 0.4) is 0 Å². The lowest BCUT2D eigenvalue weighted by Gasteiger charge is -2.07. The Morgan fingerprint density at radius 2 is 1.90 bits per heavy atom. The molecule has 1 aromatic heterocycles. The van der Waals surface area contributed by atoms with Crippen LogP contribution in [0.4, 0.5) is 5.69 Å². The maximum Gasteiger partial charge on any atom is 0.256 e. The summed E-state index contributed by atoms with van der Waals surface area (Å²) in [5, 5.41) is 4.74. The predicted octanol–water partition coefficient (Wildman–Crippen LogP) is 3.01. The molecule has 0 fully saturated rings. The van der Waals surface area contributed by atoms with Crippen molar-refractivity contribution in [2.45, 2.75) is 20.3 Å². The molecule has 0 aliphatic heterocycles. The van der Waals surface area contributed by atoms with Crippen LogP contribution in [0.1, 0.15) is 38.1 Å². The van der Waals surface area contributed by atoms with Gasteiger partial charge in [-0.1, -0.05) is 6.92 Å². The lowest BCUT2D eigenvalue weighted by atomic mass is 10.1. The van der Waals surface area contributed by atoms with Gasteiger partial charge in [-0.25, -0.2) is 0 Å². The summed E-state index contributed by atoms with van der Waals surface area (Å²) in [6, 6.07) is 6.77. The van der Waals surface area contributed by atoms with Crippen LogP contribution in [-0.4, -0.2) is 18.2 Å². The molecule has 1 aromatic carbocycles. The minimum absolute atomic E-state index is 0.0141. The van der Waals surface area contributed by atoms with Gasteiger partial charge in [-0.3, -0.25) is 9.59 Å². The molecule has 21 heavy (non-hydrogen) atoms. The lowest BCUT2D eigenvalue weighted by Crippen LogP contribution is -2.15. The number of ketones is 1. The van der Waals surface area contributed by atoms with Gasteiger partial charge in [0.2, 0.25) is 0 Å². The van der Waals surface area contributed by atoms with Crippen molar-refractivity contribution < 1.29 is 9.59 Å². The molecule has 1 heterocycles. The second-order valence-electron chi connectivity index (χ2n) is 4.70. The lowest BCUT2D eigenvalue weighted by molar-refractivity contribution is 0.0999. The van der Waals surface area contributed by atoms with Crippen molar-refractivity contribution in [1.29, 1.82) is 0 Å². The Bertz CT molecular complexity index is 659. The summed E-state index contributed by atoms with van der Waals surface area (Å²) >= 11 is 1.58. The molecule has 0 unspecified atom stereocenters. The summed E-state index contributed by atoms with van der Waals surface area (Å²) < 4.78 is 0. The summed E-state index contributed by atoms with van der Waals surface area (Å²) in [5.74, 6) is -0.233. The number of benzene rings is 1. The minimum Gasteiger partial charge on any atom is -0.324 e. The van der Waals surface area contributed by atoms with Crippen molar-refractivity contribution in [2.24, 2.45) is 5.73 Å². The highest BCUT2D eigenvalue weighted by atomic mass is 32.1. The summed E-state index contributed by atoms with van der Waals surface area (Å²) in [5.41, 5.74) is 8.35. The van der Waals surface area contributed by atoms with Crippen molar-refractivity contribution in [3.63, 3.8) is 0 Å². The molecule has 110 valence electrons. The maximum atomic E-state index is 12.3. The molecule has 0 bridgehead atoms. The number of nitrogens with one attached hydrogen (secondary N) is 1. The Labute approximate surface area is 128 Å². The number of amides is 1. The average Bonchev–Trinajstić information content (AvgIpc) is 2.88. The van der Waals surface area contributed by atoms with E-state index in [0.717, 1.165) is 17.5 Å². The largest absolute Gasteiger partial charge is 0.324 e. The summed E-state index contributed by atoms with van der Waals surface area (Å²) in [7, 11) is 0. The SMILES string of the molecule is CCc1c(C(=O)Nc2ccc(C(=O)CN)cc2)csc1C. The van der Waals surface area contributed by atoms with Crippen LogP contribution in [0.2, 0.25) is 0 Å². The van der Waals surface area contributed by atoms with Gasteiger partial charge in [0.25, 0.3) is 5.91 Å². The van der Waals surface area contributed by atoms with E-state index in [0.29, 0.717) is 11.3 Å². The van der Waals surface area contributed by atoms with E-state index in [4.69, 9.17) is 5.73 Å². The molecule has 3 N–H and O–H groups in total. The zero-order chi connectivity index (χ0) is 15.4. The number of Topliss-reactive ketones (excluding diaryl/α,β-unsaturated/α-hetero) is 1. The molecule has 0 atom stereocenters. The molecule has 0 spiro atoms. The van der Waals surface area contributed by atoms with Gasteiger partial charge in [-0.15, -0.1) is 11.3 Å². The monoisotopic (exact) mass is 302 g/mol. The van der Waals surface area contributed by atoms with E-state index in [2.05, 4.69) is 5.32 Å². The molecule has 0 radical (unpaired) electrons. The van der Waals surface area contributed by atoms with Crippen LogP contribution >= 0.6 is 11.3 Å². The molecule has 2 rings (SSSR count). The third-order valence-electron chi connectivity index (χ3n) is 3.35. The molecular weight excluding hydrogens is 284 g/mol. The van der Waals surface area contributed by atoms with E-state index in [9.17, 15) is 9.59 Å². The topological polar surface area (TPSA) is 72.2 Å². The van der Waals surface area contributed by atoms with E-state index in [1.165, 1.54) is 4.88 Å². The smallest absolute Gasteiger partial charge is 0.256 e. The Kier molecular flexibility index (Phi) is 4.88. The van der Waals surface area contributed by atoms with E-state index in [-0.39, 0.29) is 18.2 Å². The van der Waals surface area contributed by atoms with Gasteiger partial charge in [-0.2, -0.15) is 0 Å². The number of rotatable bonds is 5. The Hall–Kier alpha value is -1.98. The van der Waals surface area contributed by atoms with E-state index >= 15 is 0 Å². The summed E-state index contributed by atoms with van der Waals surface area (Å²) in [6.45, 7) is 4.05. The first-order chi connectivity index (χ1) is 10.1. The fourth-order valence-corrected chi connectivity index (χ4v) is 3.11. The van der Waals surface area contributed by atoms with E-state index < -0.39 is 0 Å².